The minimum atomic E-state index is -0.0956. The van der Waals surface area contributed by atoms with E-state index in [-0.39, 0.29) is 5.60 Å². The molecule has 2 heterocycles. The third-order valence-electron chi connectivity index (χ3n) is 3.47. The number of rotatable bonds is 4. The van der Waals surface area contributed by atoms with Crippen molar-refractivity contribution in [1.82, 2.24) is 10.5 Å². The first-order valence-electron chi connectivity index (χ1n) is 6.96. The van der Waals surface area contributed by atoms with Crippen molar-refractivity contribution in [2.45, 2.75) is 45.9 Å². The quantitative estimate of drug-likeness (QED) is 0.929. The van der Waals surface area contributed by atoms with E-state index < -0.39 is 0 Å². The number of ether oxygens (including phenoxy) is 1. The van der Waals surface area contributed by atoms with Gasteiger partial charge in [-0.15, -0.1) is 0 Å². The van der Waals surface area contributed by atoms with Crippen LogP contribution in [0.25, 0.3) is 0 Å². The van der Waals surface area contributed by atoms with Crippen molar-refractivity contribution in [3.8, 4) is 5.75 Å². The molecule has 106 valence electrons. The SMILES string of the molecule is Cc1cc(CNCc2cccc3c2OC(C)(C)C3)no1. The Hall–Kier alpha value is -1.81. The van der Waals surface area contributed by atoms with Crippen LogP contribution in [0.5, 0.6) is 5.75 Å². The molecular weight excluding hydrogens is 252 g/mol. The molecule has 1 aromatic carbocycles. The lowest BCUT2D eigenvalue weighted by molar-refractivity contribution is 0.137. The summed E-state index contributed by atoms with van der Waals surface area (Å²) in [6, 6.07) is 8.30. The van der Waals surface area contributed by atoms with Gasteiger partial charge in [0.15, 0.2) is 0 Å². The van der Waals surface area contributed by atoms with Crippen molar-refractivity contribution in [1.29, 1.82) is 0 Å². The molecule has 1 N–H and O–H groups in total. The van der Waals surface area contributed by atoms with Crippen molar-refractivity contribution in [2.24, 2.45) is 0 Å². The lowest BCUT2D eigenvalue weighted by Gasteiger charge is -2.18. The van der Waals surface area contributed by atoms with Crippen molar-refractivity contribution >= 4 is 0 Å². The number of hydrogen-bond acceptors (Lipinski definition) is 4. The first-order chi connectivity index (χ1) is 9.53. The van der Waals surface area contributed by atoms with E-state index in [1.54, 1.807) is 0 Å². The first-order valence-corrected chi connectivity index (χ1v) is 6.96. The predicted octanol–water partition coefficient (Wildman–Crippen LogP) is 2.99. The zero-order chi connectivity index (χ0) is 14.2. The highest BCUT2D eigenvalue weighted by atomic mass is 16.5. The third kappa shape index (κ3) is 2.70. The summed E-state index contributed by atoms with van der Waals surface area (Å²) < 4.78 is 11.1. The second kappa shape index (κ2) is 4.94. The largest absolute Gasteiger partial charge is 0.487 e. The normalized spacial score (nSPS) is 15.9. The van der Waals surface area contributed by atoms with Crippen LogP contribution in [-0.2, 0) is 19.5 Å². The minimum absolute atomic E-state index is 0.0956. The van der Waals surface area contributed by atoms with Gasteiger partial charge in [0.05, 0.1) is 5.69 Å². The fourth-order valence-corrected chi connectivity index (χ4v) is 2.65. The molecular formula is C16H20N2O2. The van der Waals surface area contributed by atoms with Gasteiger partial charge in [-0.05, 0) is 26.3 Å². The smallest absolute Gasteiger partial charge is 0.133 e. The van der Waals surface area contributed by atoms with Gasteiger partial charge < -0.3 is 14.6 Å². The predicted molar refractivity (Wildman–Crippen MR) is 76.6 cm³/mol. The minimum Gasteiger partial charge on any atom is -0.487 e. The molecule has 0 amide bonds. The highest BCUT2D eigenvalue weighted by Crippen LogP contribution is 2.37. The van der Waals surface area contributed by atoms with Crippen LogP contribution in [0.1, 0.15) is 36.4 Å². The van der Waals surface area contributed by atoms with Crippen LogP contribution >= 0.6 is 0 Å². The fourth-order valence-electron chi connectivity index (χ4n) is 2.65. The third-order valence-corrected chi connectivity index (χ3v) is 3.47. The summed E-state index contributed by atoms with van der Waals surface area (Å²) in [6.45, 7) is 7.62. The number of aryl methyl sites for hydroxylation is 1. The first kappa shape index (κ1) is 13.2. The van der Waals surface area contributed by atoms with Gasteiger partial charge in [0.25, 0.3) is 0 Å². The van der Waals surface area contributed by atoms with Crippen LogP contribution in [0, 0.1) is 6.92 Å². The topological polar surface area (TPSA) is 47.3 Å². The average molecular weight is 272 g/mol. The summed E-state index contributed by atoms with van der Waals surface area (Å²) in [5.74, 6) is 1.88. The van der Waals surface area contributed by atoms with Crippen LogP contribution in [0.15, 0.2) is 28.8 Å². The van der Waals surface area contributed by atoms with E-state index in [4.69, 9.17) is 9.26 Å². The molecule has 0 saturated carbocycles. The van der Waals surface area contributed by atoms with Crippen molar-refractivity contribution in [3.05, 3.63) is 46.8 Å². The van der Waals surface area contributed by atoms with Crippen LogP contribution in [-0.4, -0.2) is 10.8 Å². The molecule has 0 saturated heterocycles. The number of benzene rings is 1. The van der Waals surface area contributed by atoms with Crippen LogP contribution < -0.4 is 10.1 Å². The summed E-state index contributed by atoms with van der Waals surface area (Å²) in [5, 5.41) is 7.36. The highest BCUT2D eigenvalue weighted by molar-refractivity contribution is 5.45. The van der Waals surface area contributed by atoms with E-state index in [1.807, 2.05) is 13.0 Å². The average Bonchev–Trinajstić information content (AvgIpc) is 2.91. The molecule has 0 spiro atoms. The number of nitrogens with one attached hydrogen (secondary N) is 1. The standard InChI is InChI=1S/C16H20N2O2/c1-11-7-14(18-20-11)10-17-9-13-6-4-5-12-8-16(2,3)19-15(12)13/h4-7,17H,8-10H2,1-3H3. The number of para-hydroxylation sites is 1. The molecule has 0 atom stereocenters. The van der Waals surface area contributed by atoms with Gasteiger partial charge in [-0.3, -0.25) is 0 Å². The number of aromatic nitrogens is 1. The Morgan fingerprint density at radius 3 is 2.90 bits per heavy atom. The molecule has 3 rings (SSSR count). The zero-order valence-electron chi connectivity index (χ0n) is 12.2. The second-order valence-corrected chi connectivity index (χ2v) is 5.98. The summed E-state index contributed by atoms with van der Waals surface area (Å²) in [6.07, 6.45) is 0.971. The Balaban J connectivity index is 1.66. The van der Waals surface area contributed by atoms with Gasteiger partial charge in [0.1, 0.15) is 17.1 Å². The molecule has 4 heteroatoms. The maximum absolute atomic E-state index is 6.06. The number of hydrogen-bond donors (Lipinski definition) is 1. The van der Waals surface area contributed by atoms with Gasteiger partial charge >= 0.3 is 0 Å². The summed E-state index contributed by atoms with van der Waals surface area (Å²) in [5.41, 5.74) is 3.33. The molecule has 0 bridgehead atoms. The van der Waals surface area contributed by atoms with E-state index in [0.29, 0.717) is 6.54 Å². The van der Waals surface area contributed by atoms with Gasteiger partial charge in [0.2, 0.25) is 0 Å². The summed E-state index contributed by atoms with van der Waals surface area (Å²) in [7, 11) is 0. The Morgan fingerprint density at radius 2 is 2.15 bits per heavy atom. The Labute approximate surface area is 119 Å². The van der Waals surface area contributed by atoms with E-state index in [1.165, 1.54) is 11.1 Å². The lowest BCUT2D eigenvalue weighted by Crippen LogP contribution is -2.25. The van der Waals surface area contributed by atoms with E-state index in [9.17, 15) is 0 Å². The fraction of sp³-hybridized carbons (Fsp3) is 0.438. The Morgan fingerprint density at radius 1 is 1.30 bits per heavy atom. The van der Waals surface area contributed by atoms with Gasteiger partial charge in [0, 0.05) is 31.1 Å². The molecule has 0 unspecified atom stereocenters. The van der Waals surface area contributed by atoms with Crippen molar-refractivity contribution in [3.63, 3.8) is 0 Å². The lowest BCUT2D eigenvalue weighted by atomic mass is 10.0. The molecule has 0 radical (unpaired) electrons. The zero-order valence-corrected chi connectivity index (χ0v) is 12.2. The van der Waals surface area contributed by atoms with E-state index in [2.05, 4.69) is 42.5 Å². The van der Waals surface area contributed by atoms with Gasteiger partial charge in [-0.2, -0.15) is 0 Å². The van der Waals surface area contributed by atoms with Crippen molar-refractivity contribution < 1.29 is 9.26 Å². The highest BCUT2D eigenvalue weighted by Gasteiger charge is 2.31. The molecule has 2 aromatic rings. The second-order valence-electron chi connectivity index (χ2n) is 5.98. The monoisotopic (exact) mass is 272 g/mol. The Kier molecular flexibility index (Phi) is 3.26. The molecule has 1 aromatic heterocycles. The van der Waals surface area contributed by atoms with E-state index >= 15 is 0 Å². The van der Waals surface area contributed by atoms with Gasteiger partial charge in [-0.1, -0.05) is 23.4 Å². The molecule has 0 fully saturated rings. The van der Waals surface area contributed by atoms with Crippen LogP contribution in [0.2, 0.25) is 0 Å². The number of nitrogens with zero attached hydrogens (tertiary/aromatic N) is 1. The Bertz CT molecular complexity index is 617. The van der Waals surface area contributed by atoms with Crippen LogP contribution in [0.4, 0.5) is 0 Å². The van der Waals surface area contributed by atoms with Crippen LogP contribution in [0.3, 0.4) is 0 Å². The maximum Gasteiger partial charge on any atom is 0.133 e. The van der Waals surface area contributed by atoms with Crippen molar-refractivity contribution in [2.75, 3.05) is 0 Å². The molecule has 0 aliphatic carbocycles. The summed E-state index contributed by atoms with van der Waals surface area (Å²) in [4.78, 5) is 0. The summed E-state index contributed by atoms with van der Waals surface area (Å²) >= 11 is 0. The molecule has 1 aliphatic rings. The molecule has 20 heavy (non-hydrogen) atoms. The van der Waals surface area contributed by atoms with E-state index in [0.717, 1.165) is 30.2 Å². The molecule has 4 nitrogen and oxygen atoms in total. The van der Waals surface area contributed by atoms with Gasteiger partial charge in [-0.25, -0.2) is 0 Å². The maximum atomic E-state index is 6.06. The number of fused-ring (bicyclic) bond motifs is 1. The molecule has 1 aliphatic heterocycles.